The van der Waals surface area contributed by atoms with E-state index >= 15 is 0 Å². The minimum atomic E-state index is -0.625. The Balaban J connectivity index is 1.69. The lowest BCUT2D eigenvalue weighted by Crippen LogP contribution is -2.40. The lowest BCUT2D eigenvalue weighted by molar-refractivity contribution is -0.147. The van der Waals surface area contributed by atoms with Crippen LogP contribution in [0.15, 0.2) is 54.1 Å². The molecule has 6 heteroatoms. The van der Waals surface area contributed by atoms with Crippen molar-refractivity contribution in [2.24, 2.45) is 0 Å². The van der Waals surface area contributed by atoms with Crippen LogP contribution in [0.1, 0.15) is 30.9 Å². The van der Waals surface area contributed by atoms with Gasteiger partial charge in [0.05, 0.1) is 10.0 Å². The second-order valence-electron chi connectivity index (χ2n) is 7.15. The summed E-state index contributed by atoms with van der Waals surface area (Å²) in [6.45, 7) is 3.75. The number of hydrogen-bond donors (Lipinski definition) is 0. The highest BCUT2D eigenvalue weighted by Crippen LogP contribution is 2.28. The molecule has 29 heavy (non-hydrogen) atoms. The number of rotatable bonds is 6. The molecule has 2 aromatic carbocycles. The average Bonchev–Trinajstić information content (AvgIpc) is 2.70. The van der Waals surface area contributed by atoms with Crippen LogP contribution in [-0.2, 0) is 20.9 Å². The zero-order valence-corrected chi connectivity index (χ0v) is 17.7. The van der Waals surface area contributed by atoms with Gasteiger partial charge in [-0.1, -0.05) is 65.7 Å². The fourth-order valence-corrected chi connectivity index (χ4v) is 3.76. The topological polar surface area (TPSA) is 46.6 Å². The van der Waals surface area contributed by atoms with Gasteiger partial charge in [0.25, 0.3) is 0 Å². The number of nitrogens with zero attached hydrogens (tertiary/aromatic N) is 1. The number of piperidine rings is 1. The molecule has 152 valence electrons. The maximum Gasteiger partial charge on any atom is 0.342 e. The molecule has 3 rings (SSSR count). The summed E-state index contributed by atoms with van der Waals surface area (Å²) in [5.74, 6) is -0.997. The normalized spacial score (nSPS) is 17.8. The molecule has 1 aliphatic heterocycles. The van der Waals surface area contributed by atoms with Crippen LogP contribution < -0.4 is 0 Å². The molecule has 0 aliphatic carbocycles. The lowest BCUT2D eigenvalue weighted by Gasteiger charge is -2.32. The summed E-state index contributed by atoms with van der Waals surface area (Å²) in [7, 11) is 0. The van der Waals surface area contributed by atoms with Crippen molar-refractivity contribution in [3.8, 4) is 0 Å². The van der Waals surface area contributed by atoms with Gasteiger partial charge in [-0.05, 0) is 49.6 Å². The maximum atomic E-state index is 12.7. The second kappa shape index (κ2) is 10.1. The van der Waals surface area contributed by atoms with Crippen molar-refractivity contribution in [3.05, 3.63) is 75.3 Å². The molecule has 2 aromatic rings. The van der Waals surface area contributed by atoms with E-state index in [1.807, 2.05) is 18.2 Å². The van der Waals surface area contributed by atoms with Crippen LogP contribution in [0, 0.1) is 0 Å². The molecule has 1 atom stereocenters. The van der Waals surface area contributed by atoms with Crippen molar-refractivity contribution in [2.75, 3.05) is 13.1 Å². The Morgan fingerprint density at radius 3 is 2.62 bits per heavy atom. The molecule has 1 heterocycles. The molecule has 0 spiro atoms. The van der Waals surface area contributed by atoms with E-state index in [4.69, 9.17) is 27.9 Å². The zero-order chi connectivity index (χ0) is 20.8. The number of halogens is 2. The molecule has 0 bridgehead atoms. The van der Waals surface area contributed by atoms with Gasteiger partial charge in [-0.3, -0.25) is 9.69 Å². The monoisotopic (exact) mass is 431 g/mol. The molecule has 1 saturated heterocycles. The van der Waals surface area contributed by atoms with Crippen LogP contribution >= 0.6 is 23.2 Å². The minimum Gasteiger partial charge on any atom is -0.457 e. The first-order valence-corrected chi connectivity index (χ1v) is 10.3. The Morgan fingerprint density at radius 1 is 1.14 bits per heavy atom. The molecule has 0 aromatic heterocycles. The van der Waals surface area contributed by atoms with Crippen LogP contribution in [0.5, 0.6) is 0 Å². The highest BCUT2D eigenvalue weighted by atomic mass is 35.5. The first-order valence-electron chi connectivity index (χ1n) is 9.58. The summed E-state index contributed by atoms with van der Waals surface area (Å²) in [5.41, 5.74) is 1.70. The number of ketones is 1. The fourth-order valence-electron chi connectivity index (χ4n) is 3.40. The van der Waals surface area contributed by atoms with Gasteiger partial charge < -0.3 is 4.74 Å². The summed E-state index contributed by atoms with van der Waals surface area (Å²) in [4.78, 5) is 27.1. The van der Waals surface area contributed by atoms with E-state index in [9.17, 15) is 9.59 Å². The van der Waals surface area contributed by atoms with Crippen LogP contribution in [0.2, 0.25) is 10.0 Å². The molecule has 4 nitrogen and oxygen atoms in total. The molecular weight excluding hydrogens is 409 g/mol. The maximum absolute atomic E-state index is 12.7. The minimum absolute atomic E-state index is 0.0330. The second-order valence-corrected chi connectivity index (χ2v) is 7.93. The van der Waals surface area contributed by atoms with Gasteiger partial charge in [-0.2, -0.15) is 0 Å². The quantitative estimate of drug-likeness (QED) is 0.273. The van der Waals surface area contributed by atoms with E-state index in [1.165, 1.54) is 18.6 Å². The van der Waals surface area contributed by atoms with Crippen molar-refractivity contribution in [2.45, 2.75) is 32.4 Å². The number of benzene rings is 2. The largest absolute Gasteiger partial charge is 0.457 e. The van der Waals surface area contributed by atoms with Crippen molar-refractivity contribution in [1.82, 2.24) is 4.90 Å². The van der Waals surface area contributed by atoms with Crippen molar-refractivity contribution >= 4 is 41.0 Å². The molecule has 0 saturated carbocycles. The summed E-state index contributed by atoms with van der Waals surface area (Å²) >= 11 is 12.2. The van der Waals surface area contributed by atoms with Gasteiger partial charge in [0.1, 0.15) is 11.7 Å². The van der Waals surface area contributed by atoms with E-state index in [2.05, 4.69) is 17.0 Å². The number of Topliss-reactive ketones (excluding diaryl/α,β-unsaturated/α-hetero) is 1. The Kier molecular flexibility index (Phi) is 7.48. The molecular formula is C23H23Cl2NO3. The lowest BCUT2D eigenvalue weighted by atomic mass is 10.1. The molecule has 0 amide bonds. The highest BCUT2D eigenvalue weighted by molar-refractivity contribution is 6.43. The third-order valence-electron chi connectivity index (χ3n) is 4.87. The Morgan fingerprint density at radius 2 is 1.90 bits per heavy atom. The summed E-state index contributed by atoms with van der Waals surface area (Å²) in [5, 5.41) is 0.660. The van der Waals surface area contributed by atoms with E-state index in [1.54, 1.807) is 18.2 Å². The Bertz CT molecular complexity index is 912. The van der Waals surface area contributed by atoms with E-state index in [-0.39, 0.29) is 17.5 Å². The SMILES string of the molecule is CC(=O)/C(=C\c1cccc(Cl)c1Cl)C(=O)OC1CCCN(Cc2ccccc2)C1. The van der Waals surface area contributed by atoms with Gasteiger partial charge in [0, 0.05) is 13.1 Å². The van der Waals surface area contributed by atoms with Crippen LogP contribution in [0.3, 0.4) is 0 Å². The number of carbonyl (C=O) groups is 2. The standard InChI is InChI=1S/C23H23Cl2NO3/c1-16(27)20(13-18-9-5-11-21(24)22(18)25)23(28)29-19-10-6-12-26(15-19)14-17-7-3-2-4-8-17/h2-5,7-9,11,13,19H,6,10,12,14-15H2,1H3/b20-13+. The smallest absolute Gasteiger partial charge is 0.342 e. The number of esters is 1. The summed E-state index contributed by atoms with van der Waals surface area (Å²) in [6.07, 6.45) is 2.91. The number of carbonyl (C=O) groups excluding carboxylic acids is 2. The first-order chi connectivity index (χ1) is 13.9. The van der Waals surface area contributed by atoms with Gasteiger partial charge >= 0.3 is 5.97 Å². The van der Waals surface area contributed by atoms with Gasteiger partial charge in [0.2, 0.25) is 0 Å². The van der Waals surface area contributed by atoms with Crippen molar-refractivity contribution < 1.29 is 14.3 Å². The Hall–Kier alpha value is -2.14. The molecule has 1 fully saturated rings. The fraction of sp³-hybridized carbons (Fsp3) is 0.304. The predicted octanol–water partition coefficient (Wildman–Crippen LogP) is 5.17. The summed E-state index contributed by atoms with van der Waals surface area (Å²) < 4.78 is 5.68. The highest BCUT2D eigenvalue weighted by Gasteiger charge is 2.26. The van der Waals surface area contributed by atoms with Gasteiger partial charge in [-0.15, -0.1) is 0 Å². The summed E-state index contributed by atoms with van der Waals surface area (Å²) in [6, 6.07) is 15.3. The molecule has 0 radical (unpaired) electrons. The third kappa shape index (κ3) is 5.92. The van der Waals surface area contributed by atoms with Crippen LogP contribution in [0.4, 0.5) is 0 Å². The number of ether oxygens (including phenoxy) is 1. The first kappa shape index (κ1) is 21.6. The van der Waals surface area contributed by atoms with Gasteiger partial charge in [-0.25, -0.2) is 4.79 Å². The van der Waals surface area contributed by atoms with Crippen LogP contribution in [0.25, 0.3) is 6.08 Å². The van der Waals surface area contributed by atoms with E-state index < -0.39 is 5.97 Å². The number of likely N-dealkylation sites (tertiary alicyclic amines) is 1. The van der Waals surface area contributed by atoms with Crippen molar-refractivity contribution in [1.29, 1.82) is 0 Å². The van der Waals surface area contributed by atoms with E-state index in [0.717, 1.165) is 25.9 Å². The number of hydrogen-bond acceptors (Lipinski definition) is 4. The van der Waals surface area contributed by atoms with Crippen LogP contribution in [-0.4, -0.2) is 35.8 Å². The van der Waals surface area contributed by atoms with Gasteiger partial charge in [0.15, 0.2) is 5.78 Å². The average molecular weight is 432 g/mol. The Labute approximate surface area is 181 Å². The zero-order valence-electron chi connectivity index (χ0n) is 16.2. The molecule has 0 N–H and O–H groups in total. The van der Waals surface area contributed by atoms with E-state index in [0.29, 0.717) is 22.2 Å². The predicted molar refractivity (Wildman–Crippen MR) is 116 cm³/mol. The molecule has 1 unspecified atom stereocenters. The molecule has 1 aliphatic rings. The third-order valence-corrected chi connectivity index (χ3v) is 5.70. The van der Waals surface area contributed by atoms with Crippen molar-refractivity contribution in [3.63, 3.8) is 0 Å².